The van der Waals surface area contributed by atoms with Crippen molar-refractivity contribution >= 4 is 34.6 Å². The highest BCUT2D eigenvalue weighted by Gasteiger charge is 2.21. The molecule has 0 aliphatic carbocycles. The van der Waals surface area contributed by atoms with Gasteiger partial charge < -0.3 is 20.3 Å². The van der Waals surface area contributed by atoms with Crippen molar-refractivity contribution in [3.63, 3.8) is 0 Å². The summed E-state index contributed by atoms with van der Waals surface area (Å²) < 4.78 is 5.72. The maximum atomic E-state index is 11.9. The van der Waals surface area contributed by atoms with E-state index in [0.29, 0.717) is 18.1 Å². The number of nitrogens with one attached hydrogen (secondary N) is 2. The molecular weight excluding hydrogens is 346 g/mol. The average Bonchev–Trinajstić information content (AvgIpc) is 3.07. The Morgan fingerprint density at radius 1 is 1.23 bits per heavy atom. The van der Waals surface area contributed by atoms with Gasteiger partial charge in [0.15, 0.2) is 5.11 Å². The highest BCUT2D eigenvalue weighted by atomic mass is 32.1. The molecule has 1 heterocycles. The SMILES string of the molecule is C[C@@H](COc1ccccc1)NC(=S)Nc1cccc(N2CCCC2=O)c1. The Kier molecular flexibility index (Phi) is 6.07. The van der Waals surface area contributed by atoms with Crippen LogP contribution in [-0.4, -0.2) is 30.2 Å². The van der Waals surface area contributed by atoms with Crippen LogP contribution in [0.4, 0.5) is 11.4 Å². The Hall–Kier alpha value is -2.60. The summed E-state index contributed by atoms with van der Waals surface area (Å²) in [6.07, 6.45) is 1.53. The lowest BCUT2D eigenvalue weighted by atomic mass is 10.2. The number of nitrogens with zero attached hydrogens (tertiary/aromatic N) is 1. The molecule has 0 bridgehead atoms. The van der Waals surface area contributed by atoms with Gasteiger partial charge in [0.05, 0.1) is 6.04 Å². The van der Waals surface area contributed by atoms with Gasteiger partial charge in [0.1, 0.15) is 12.4 Å². The van der Waals surface area contributed by atoms with Crippen LogP contribution in [0.15, 0.2) is 54.6 Å². The predicted molar refractivity (Wildman–Crippen MR) is 109 cm³/mol. The fourth-order valence-electron chi connectivity index (χ4n) is 2.84. The van der Waals surface area contributed by atoms with Gasteiger partial charge in [-0.1, -0.05) is 24.3 Å². The molecule has 0 saturated carbocycles. The summed E-state index contributed by atoms with van der Waals surface area (Å²) in [5.74, 6) is 1.01. The minimum absolute atomic E-state index is 0.0542. The van der Waals surface area contributed by atoms with Gasteiger partial charge in [-0.3, -0.25) is 4.79 Å². The van der Waals surface area contributed by atoms with E-state index in [4.69, 9.17) is 17.0 Å². The second kappa shape index (κ2) is 8.67. The molecule has 0 unspecified atom stereocenters. The summed E-state index contributed by atoms with van der Waals surface area (Å²) in [7, 11) is 0. The molecule has 2 aromatic carbocycles. The minimum atomic E-state index is 0.0542. The molecule has 0 spiro atoms. The summed E-state index contributed by atoms with van der Waals surface area (Å²) in [5, 5.41) is 6.91. The molecule has 6 heteroatoms. The first kappa shape index (κ1) is 18.2. The first-order chi connectivity index (χ1) is 12.6. The Labute approximate surface area is 159 Å². The highest BCUT2D eigenvalue weighted by Crippen LogP contribution is 2.24. The number of hydrogen-bond acceptors (Lipinski definition) is 3. The van der Waals surface area contributed by atoms with Crippen LogP contribution in [0.2, 0.25) is 0 Å². The zero-order valence-corrected chi connectivity index (χ0v) is 15.6. The number of carbonyl (C=O) groups is 1. The van der Waals surface area contributed by atoms with Gasteiger partial charge in [-0.25, -0.2) is 0 Å². The molecule has 1 amide bonds. The highest BCUT2D eigenvalue weighted by molar-refractivity contribution is 7.80. The van der Waals surface area contributed by atoms with Crippen LogP contribution in [0.1, 0.15) is 19.8 Å². The molecular formula is C20H23N3O2S. The van der Waals surface area contributed by atoms with Gasteiger partial charge in [0, 0.05) is 24.3 Å². The Morgan fingerprint density at radius 3 is 2.77 bits per heavy atom. The van der Waals surface area contributed by atoms with Crippen molar-refractivity contribution in [2.75, 3.05) is 23.4 Å². The zero-order chi connectivity index (χ0) is 18.4. The summed E-state index contributed by atoms with van der Waals surface area (Å²) in [4.78, 5) is 13.7. The van der Waals surface area contributed by atoms with E-state index in [1.165, 1.54) is 0 Å². The minimum Gasteiger partial charge on any atom is -0.491 e. The van der Waals surface area contributed by atoms with Gasteiger partial charge in [-0.15, -0.1) is 0 Å². The monoisotopic (exact) mass is 369 g/mol. The number of ether oxygens (including phenoxy) is 1. The molecule has 2 aromatic rings. The van der Waals surface area contributed by atoms with Crippen LogP contribution in [0, 0.1) is 0 Å². The summed E-state index contributed by atoms with van der Waals surface area (Å²) in [5.41, 5.74) is 1.76. The smallest absolute Gasteiger partial charge is 0.227 e. The van der Waals surface area contributed by atoms with Crippen molar-refractivity contribution in [1.82, 2.24) is 5.32 Å². The quantitative estimate of drug-likeness (QED) is 0.763. The molecule has 1 aliphatic rings. The van der Waals surface area contributed by atoms with E-state index in [1.807, 2.05) is 66.4 Å². The third-order valence-electron chi connectivity index (χ3n) is 4.11. The van der Waals surface area contributed by atoms with Crippen molar-refractivity contribution in [3.8, 4) is 5.75 Å². The van der Waals surface area contributed by atoms with E-state index in [-0.39, 0.29) is 11.9 Å². The Bertz CT molecular complexity index is 767. The lowest BCUT2D eigenvalue weighted by Crippen LogP contribution is -2.39. The average molecular weight is 369 g/mol. The molecule has 1 saturated heterocycles. The summed E-state index contributed by atoms with van der Waals surface area (Å²) in [6.45, 7) is 3.29. The summed E-state index contributed by atoms with van der Waals surface area (Å²) >= 11 is 5.39. The third kappa shape index (κ3) is 4.95. The Morgan fingerprint density at radius 2 is 2.04 bits per heavy atom. The van der Waals surface area contributed by atoms with Crippen LogP contribution in [-0.2, 0) is 4.79 Å². The fourth-order valence-corrected chi connectivity index (χ4v) is 3.16. The van der Waals surface area contributed by atoms with E-state index in [9.17, 15) is 4.79 Å². The van der Waals surface area contributed by atoms with Crippen molar-refractivity contribution in [1.29, 1.82) is 0 Å². The van der Waals surface area contributed by atoms with E-state index in [0.717, 1.165) is 30.1 Å². The first-order valence-electron chi connectivity index (χ1n) is 8.77. The van der Waals surface area contributed by atoms with Crippen molar-refractivity contribution in [2.45, 2.75) is 25.8 Å². The molecule has 1 aliphatic heterocycles. The van der Waals surface area contributed by atoms with Crippen molar-refractivity contribution < 1.29 is 9.53 Å². The number of hydrogen-bond donors (Lipinski definition) is 2. The molecule has 5 nitrogen and oxygen atoms in total. The number of rotatable bonds is 6. The third-order valence-corrected chi connectivity index (χ3v) is 4.33. The number of amides is 1. The van der Waals surface area contributed by atoms with Crippen LogP contribution >= 0.6 is 12.2 Å². The van der Waals surface area contributed by atoms with E-state index < -0.39 is 0 Å². The Balaban J connectivity index is 1.50. The standard InChI is InChI=1S/C20H23N3O2S/c1-15(14-25-18-9-3-2-4-10-18)21-20(26)22-16-7-5-8-17(13-16)23-12-6-11-19(23)24/h2-5,7-10,13,15H,6,11-12,14H2,1H3,(H2,21,22,26)/t15-/m0/s1. The number of thiocarbonyl (C=S) groups is 1. The van der Waals surface area contributed by atoms with Gasteiger partial charge in [0.2, 0.25) is 5.91 Å². The summed E-state index contributed by atoms with van der Waals surface area (Å²) in [6, 6.07) is 17.5. The molecule has 1 fully saturated rings. The van der Waals surface area contributed by atoms with Crippen LogP contribution in [0.3, 0.4) is 0 Å². The number of benzene rings is 2. The number of anilines is 2. The number of para-hydroxylation sites is 1. The maximum Gasteiger partial charge on any atom is 0.227 e. The van der Waals surface area contributed by atoms with Gasteiger partial charge in [-0.2, -0.15) is 0 Å². The largest absolute Gasteiger partial charge is 0.491 e. The molecule has 3 rings (SSSR count). The molecule has 0 radical (unpaired) electrons. The maximum absolute atomic E-state index is 11.9. The van der Waals surface area contributed by atoms with Gasteiger partial charge in [0.25, 0.3) is 0 Å². The lowest BCUT2D eigenvalue weighted by molar-refractivity contribution is -0.117. The molecule has 136 valence electrons. The number of carbonyl (C=O) groups excluding carboxylic acids is 1. The zero-order valence-electron chi connectivity index (χ0n) is 14.8. The predicted octanol–water partition coefficient (Wildman–Crippen LogP) is 3.57. The molecule has 1 atom stereocenters. The van der Waals surface area contributed by atoms with Crippen LogP contribution < -0.4 is 20.3 Å². The topological polar surface area (TPSA) is 53.6 Å². The van der Waals surface area contributed by atoms with E-state index in [1.54, 1.807) is 0 Å². The fraction of sp³-hybridized carbons (Fsp3) is 0.300. The second-order valence-corrected chi connectivity index (χ2v) is 6.73. The lowest BCUT2D eigenvalue weighted by Gasteiger charge is -2.19. The second-order valence-electron chi connectivity index (χ2n) is 6.32. The van der Waals surface area contributed by atoms with Gasteiger partial charge >= 0.3 is 0 Å². The van der Waals surface area contributed by atoms with Crippen molar-refractivity contribution in [3.05, 3.63) is 54.6 Å². The van der Waals surface area contributed by atoms with Gasteiger partial charge in [-0.05, 0) is 55.9 Å². The molecule has 0 aromatic heterocycles. The molecule has 2 N–H and O–H groups in total. The van der Waals surface area contributed by atoms with E-state index in [2.05, 4.69) is 10.6 Å². The normalized spacial score (nSPS) is 14.8. The van der Waals surface area contributed by atoms with E-state index >= 15 is 0 Å². The molecule has 26 heavy (non-hydrogen) atoms. The van der Waals surface area contributed by atoms with Crippen LogP contribution in [0.5, 0.6) is 5.75 Å². The van der Waals surface area contributed by atoms with Crippen LogP contribution in [0.25, 0.3) is 0 Å². The van der Waals surface area contributed by atoms with Crippen molar-refractivity contribution in [2.24, 2.45) is 0 Å². The first-order valence-corrected chi connectivity index (χ1v) is 9.18.